The van der Waals surface area contributed by atoms with Crippen LogP contribution in [0.25, 0.3) is 0 Å². The lowest BCUT2D eigenvalue weighted by atomic mass is 10.2. The topological polar surface area (TPSA) is 57.7 Å². The van der Waals surface area contributed by atoms with Crippen LogP contribution < -0.4 is 9.21 Å². The second kappa shape index (κ2) is 7.37. The zero-order valence-electron chi connectivity index (χ0n) is 15.3. The molecule has 0 atom stereocenters. The van der Waals surface area contributed by atoms with E-state index in [1.165, 1.54) is 4.31 Å². The molecule has 1 amide bonds. The van der Waals surface area contributed by atoms with E-state index in [2.05, 4.69) is 22.5 Å². The second-order valence-corrected chi connectivity index (χ2v) is 9.77. The average Bonchev–Trinajstić information content (AvgIpc) is 3.46. The number of anilines is 2. The van der Waals surface area contributed by atoms with Crippen LogP contribution in [0, 0.1) is 5.92 Å². The van der Waals surface area contributed by atoms with Gasteiger partial charge in [-0.1, -0.05) is 24.3 Å². The van der Waals surface area contributed by atoms with E-state index < -0.39 is 10.0 Å². The summed E-state index contributed by atoms with van der Waals surface area (Å²) in [5.74, 6) is 0.201. The van der Waals surface area contributed by atoms with Gasteiger partial charge in [-0.25, -0.2) is 8.42 Å². The van der Waals surface area contributed by atoms with Crippen molar-refractivity contribution in [3.63, 3.8) is 0 Å². The number of nitrogens with zero attached hydrogens (tertiary/aromatic N) is 2. The van der Waals surface area contributed by atoms with Crippen LogP contribution >= 0.6 is 15.9 Å². The van der Waals surface area contributed by atoms with E-state index in [1.54, 1.807) is 41.3 Å². The molecule has 2 aromatic carbocycles. The van der Waals surface area contributed by atoms with Crippen molar-refractivity contribution in [3.05, 3.63) is 65.2 Å². The highest BCUT2D eigenvalue weighted by Crippen LogP contribution is 2.40. The lowest BCUT2D eigenvalue weighted by Crippen LogP contribution is -2.32. The van der Waals surface area contributed by atoms with E-state index in [1.807, 2.05) is 12.1 Å². The van der Waals surface area contributed by atoms with Gasteiger partial charge in [-0.15, -0.1) is 6.58 Å². The third kappa shape index (κ3) is 3.37. The van der Waals surface area contributed by atoms with E-state index in [4.69, 9.17) is 0 Å². The molecule has 1 heterocycles. The number of para-hydroxylation sites is 1. The van der Waals surface area contributed by atoms with E-state index in [-0.39, 0.29) is 23.3 Å². The Morgan fingerprint density at radius 1 is 1.25 bits per heavy atom. The molecule has 2 aromatic rings. The van der Waals surface area contributed by atoms with Crippen LogP contribution in [0.4, 0.5) is 11.4 Å². The van der Waals surface area contributed by atoms with E-state index in [0.29, 0.717) is 22.4 Å². The predicted molar refractivity (Wildman–Crippen MR) is 114 cm³/mol. The summed E-state index contributed by atoms with van der Waals surface area (Å²) in [7, 11) is -3.85. The first-order valence-corrected chi connectivity index (χ1v) is 11.5. The molecule has 5 nitrogen and oxygen atoms in total. The fourth-order valence-corrected chi connectivity index (χ4v) is 6.05. The molecular weight excluding hydrogens is 440 g/mol. The Kier molecular flexibility index (Phi) is 5.05. The van der Waals surface area contributed by atoms with Gasteiger partial charge in [0.15, 0.2) is 0 Å². The maximum Gasteiger partial charge on any atom is 0.265 e. The molecule has 7 heteroatoms. The summed E-state index contributed by atoms with van der Waals surface area (Å²) in [6.07, 6.45) is 4.15. The van der Waals surface area contributed by atoms with Crippen molar-refractivity contribution in [3.8, 4) is 0 Å². The highest BCUT2D eigenvalue weighted by Gasteiger charge is 2.38. The largest absolute Gasteiger partial charge is 0.312 e. The van der Waals surface area contributed by atoms with E-state index in [9.17, 15) is 13.2 Å². The number of hydrogen-bond acceptors (Lipinski definition) is 3. The molecule has 0 saturated heterocycles. The molecule has 2 aliphatic rings. The van der Waals surface area contributed by atoms with Crippen LogP contribution in [0.15, 0.2) is 64.5 Å². The smallest absolute Gasteiger partial charge is 0.265 e. The maximum absolute atomic E-state index is 13.5. The number of amides is 1. The molecule has 1 aliphatic carbocycles. The third-order valence-electron chi connectivity index (χ3n) is 5.13. The number of halogens is 1. The molecule has 28 heavy (non-hydrogen) atoms. The summed E-state index contributed by atoms with van der Waals surface area (Å²) in [4.78, 5) is 14.5. The number of carbonyl (C=O) groups is 1. The molecule has 4 rings (SSSR count). The fourth-order valence-electron chi connectivity index (χ4n) is 3.54. The molecule has 0 bridgehead atoms. The van der Waals surface area contributed by atoms with Gasteiger partial charge in [0.1, 0.15) is 4.90 Å². The minimum Gasteiger partial charge on any atom is -0.312 e. The minimum absolute atomic E-state index is 0.0937. The predicted octanol–water partition coefficient (Wildman–Crippen LogP) is 4.13. The van der Waals surface area contributed by atoms with Gasteiger partial charge in [0, 0.05) is 22.6 Å². The van der Waals surface area contributed by atoms with Crippen LogP contribution in [-0.4, -0.2) is 27.4 Å². The van der Waals surface area contributed by atoms with Crippen molar-refractivity contribution < 1.29 is 13.2 Å². The Bertz CT molecular complexity index is 1030. The normalized spacial score (nSPS) is 16.0. The Hall–Kier alpha value is -2.12. The molecule has 1 fully saturated rings. The molecule has 0 radical (unpaired) electrons. The molecule has 0 spiro atoms. The van der Waals surface area contributed by atoms with E-state index >= 15 is 0 Å². The van der Waals surface area contributed by atoms with Crippen molar-refractivity contribution in [2.45, 2.75) is 24.2 Å². The standard InChI is InChI=1S/C21H21BrN2O3S/c1-2-11-24(17-6-4-3-5-7-17)28(26,27)20-14-19-16(13-18(20)22)10-12-23(19)21(25)15-8-9-15/h2-7,13-15H,1,8-12H2. The lowest BCUT2D eigenvalue weighted by molar-refractivity contribution is -0.119. The van der Waals surface area contributed by atoms with Gasteiger partial charge >= 0.3 is 0 Å². The molecule has 1 saturated carbocycles. The summed E-state index contributed by atoms with van der Waals surface area (Å²) < 4.78 is 28.9. The van der Waals surface area contributed by atoms with Gasteiger partial charge in [-0.05, 0) is 65.0 Å². The first-order valence-electron chi connectivity index (χ1n) is 9.26. The number of hydrogen-bond donors (Lipinski definition) is 0. The summed E-state index contributed by atoms with van der Waals surface area (Å²) >= 11 is 3.44. The van der Waals surface area contributed by atoms with Crippen LogP contribution in [0.1, 0.15) is 18.4 Å². The molecule has 0 unspecified atom stereocenters. The summed E-state index contributed by atoms with van der Waals surface area (Å²) in [6, 6.07) is 12.4. The van der Waals surface area contributed by atoms with Crippen molar-refractivity contribution in [1.82, 2.24) is 0 Å². The zero-order chi connectivity index (χ0) is 19.9. The maximum atomic E-state index is 13.5. The summed E-state index contributed by atoms with van der Waals surface area (Å²) in [5, 5.41) is 0. The molecule has 0 aromatic heterocycles. The molecule has 0 N–H and O–H groups in total. The van der Waals surface area contributed by atoms with Gasteiger partial charge < -0.3 is 4.90 Å². The zero-order valence-corrected chi connectivity index (χ0v) is 17.7. The van der Waals surface area contributed by atoms with Crippen molar-refractivity contribution in [2.75, 3.05) is 22.3 Å². The Morgan fingerprint density at radius 2 is 1.96 bits per heavy atom. The highest BCUT2D eigenvalue weighted by atomic mass is 79.9. The Labute approximate surface area is 173 Å². The third-order valence-corrected chi connectivity index (χ3v) is 7.88. The fraction of sp³-hybridized carbons (Fsp3) is 0.286. The highest BCUT2D eigenvalue weighted by molar-refractivity contribution is 9.10. The van der Waals surface area contributed by atoms with Gasteiger partial charge in [-0.3, -0.25) is 9.10 Å². The van der Waals surface area contributed by atoms with Crippen LogP contribution in [0.2, 0.25) is 0 Å². The summed E-state index contributed by atoms with van der Waals surface area (Å²) in [6.45, 7) is 4.46. The van der Waals surface area contributed by atoms with Crippen LogP contribution in [0.3, 0.4) is 0 Å². The van der Waals surface area contributed by atoms with Crippen LogP contribution in [0.5, 0.6) is 0 Å². The van der Waals surface area contributed by atoms with Crippen molar-refractivity contribution >= 4 is 43.2 Å². The van der Waals surface area contributed by atoms with Crippen LogP contribution in [-0.2, 0) is 21.2 Å². The van der Waals surface area contributed by atoms with Gasteiger partial charge in [-0.2, -0.15) is 0 Å². The number of carbonyl (C=O) groups excluding carboxylic acids is 1. The molecule has 1 aliphatic heterocycles. The summed E-state index contributed by atoms with van der Waals surface area (Å²) in [5.41, 5.74) is 2.28. The molecule has 146 valence electrons. The van der Waals surface area contributed by atoms with Gasteiger partial charge in [0.25, 0.3) is 10.0 Å². The van der Waals surface area contributed by atoms with E-state index in [0.717, 1.165) is 24.8 Å². The molecular formula is C21H21BrN2O3S. The van der Waals surface area contributed by atoms with Crippen molar-refractivity contribution in [1.29, 1.82) is 0 Å². The second-order valence-electron chi connectivity index (χ2n) is 7.09. The Morgan fingerprint density at radius 3 is 2.61 bits per heavy atom. The SMILES string of the molecule is C=CCN(c1ccccc1)S(=O)(=O)c1cc2c(cc1Br)CCN2C(=O)C1CC1. The van der Waals surface area contributed by atoms with Crippen molar-refractivity contribution in [2.24, 2.45) is 5.92 Å². The Balaban J connectivity index is 1.78. The quantitative estimate of drug-likeness (QED) is 0.608. The first kappa shape index (κ1) is 19.2. The average molecular weight is 461 g/mol. The first-order chi connectivity index (χ1) is 13.4. The van der Waals surface area contributed by atoms with Gasteiger partial charge in [0.05, 0.1) is 12.2 Å². The lowest BCUT2D eigenvalue weighted by Gasteiger charge is -2.25. The number of fused-ring (bicyclic) bond motifs is 1. The minimum atomic E-state index is -3.85. The number of sulfonamides is 1. The number of rotatable bonds is 6. The monoisotopic (exact) mass is 460 g/mol. The van der Waals surface area contributed by atoms with Gasteiger partial charge in [0.2, 0.25) is 5.91 Å². The number of benzene rings is 2.